The van der Waals surface area contributed by atoms with Crippen LogP contribution in [0.2, 0.25) is 0 Å². The molecule has 0 aromatic rings. The molecule has 5 N–H and O–H groups in total. The lowest BCUT2D eigenvalue weighted by Crippen LogP contribution is -2.52. The van der Waals surface area contributed by atoms with Crippen molar-refractivity contribution in [2.24, 2.45) is 22.8 Å². The number of hydrogen-bond acceptors (Lipinski definition) is 4. The molecule has 0 aromatic heterocycles. The van der Waals surface area contributed by atoms with Crippen molar-refractivity contribution in [3.63, 3.8) is 0 Å². The van der Waals surface area contributed by atoms with Gasteiger partial charge in [0, 0.05) is 5.41 Å². The van der Waals surface area contributed by atoms with E-state index >= 15 is 0 Å². The lowest BCUT2D eigenvalue weighted by Gasteiger charge is -2.27. The standard InChI is InChI=1S/C15H31N3O2/c1-10(2)12(17)14(20)18-11(8-6-7-9-16)13(19)15(3,4)5/h10-12H,6-9,16-17H2,1-5H3,(H,18,20)/t11-,12-/m0/s1. The largest absolute Gasteiger partial charge is 0.345 e. The van der Waals surface area contributed by atoms with Crippen molar-refractivity contribution in [2.45, 2.75) is 66.0 Å². The van der Waals surface area contributed by atoms with Crippen LogP contribution in [0.25, 0.3) is 0 Å². The van der Waals surface area contributed by atoms with E-state index in [1.54, 1.807) is 0 Å². The minimum Gasteiger partial charge on any atom is -0.345 e. The molecule has 0 saturated carbocycles. The maximum absolute atomic E-state index is 12.4. The third-order valence-corrected chi connectivity index (χ3v) is 3.34. The van der Waals surface area contributed by atoms with Gasteiger partial charge in [-0.15, -0.1) is 0 Å². The first-order valence-electron chi connectivity index (χ1n) is 7.41. The van der Waals surface area contributed by atoms with Gasteiger partial charge < -0.3 is 16.8 Å². The Labute approximate surface area is 122 Å². The van der Waals surface area contributed by atoms with Gasteiger partial charge >= 0.3 is 0 Å². The maximum atomic E-state index is 12.4. The monoisotopic (exact) mass is 285 g/mol. The van der Waals surface area contributed by atoms with Crippen molar-refractivity contribution in [1.82, 2.24) is 5.32 Å². The first kappa shape index (κ1) is 19.1. The van der Waals surface area contributed by atoms with Crippen molar-refractivity contribution in [1.29, 1.82) is 0 Å². The molecule has 20 heavy (non-hydrogen) atoms. The van der Waals surface area contributed by atoms with Gasteiger partial charge in [-0.3, -0.25) is 9.59 Å². The van der Waals surface area contributed by atoms with Gasteiger partial charge in [0.25, 0.3) is 0 Å². The quantitative estimate of drug-likeness (QED) is 0.584. The van der Waals surface area contributed by atoms with Gasteiger partial charge in [0.1, 0.15) is 0 Å². The topological polar surface area (TPSA) is 98.2 Å². The van der Waals surface area contributed by atoms with E-state index in [0.717, 1.165) is 12.8 Å². The van der Waals surface area contributed by atoms with Crippen LogP contribution >= 0.6 is 0 Å². The molecule has 5 heteroatoms. The van der Waals surface area contributed by atoms with E-state index in [2.05, 4.69) is 5.32 Å². The molecule has 2 atom stereocenters. The molecule has 0 unspecified atom stereocenters. The molecule has 0 aliphatic rings. The van der Waals surface area contributed by atoms with Crippen molar-refractivity contribution in [3.8, 4) is 0 Å². The van der Waals surface area contributed by atoms with Gasteiger partial charge in [-0.2, -0.15) is 0 Å². The van der Waals surface area contributed by atoms with E-state index in [-0.39, 0.29) is 17.6 Å². The molecule has 0 spiro atoms. The molecular weight excluding hydrogens is 254 g/mol. The molecule has 0 heterocycles. The minimum absolute atomic E-state index is 0.0406. The number of nitrogens with one attached hydrogen (secondary N) is 1. The second-order valence-electron chi connectivity index (χ2n) is 6.73. The second kappa shape index (κ2) is 8.37. The Kier molecular flexibility index (Phi) is 7.98. The number of hydrogen-bond donors (Lipinski definition) is 3. The summed E-state index contributed by atoms with van der Waals surface area (Å²) in [6.45, 7) is 9.95. The molecule has 0 aliphatic carbocycles. The summed E-state index contributed by atoms with van der Waals surface area (Å²) in [6, 6.07) is -1.06. The fraction of sp³-hybridized carbons (Fsp3) is 0.867. The van der Waals surface area contributed by atoms with Gasteiger partial charge in [0.15, 0.2) is 5.78 Å². The zero-order valence-electron chi connectivity index (χ0n) is 13.5. The van der Waals surface area contributed by atoms with Crippen LogP contribution in [0.3, 0.4) is 0 Å². The molecule has 5 nitrogen and oxygen atoms in total. The van der Waals surface area contributed by atoms with Crippen molar-refractivity contribution in [3.05, 3.63) is 0 Å². The van der Waals surface area contributed by atoms with Crippen molar-refractivity contribution in [2.75, 3.05) is 6.54 Å². The third kappa shape index (κ3) is 6.48. The van der Waals surface area contributed by atoms with E-state index in [1.807, 2.05) is 34.6 Å². The summed E-state index contributed by atoms with van der Waals surface area (Å²) < 4.78 is 0. The van der Waals surface area contributed by atoms with Crippen LogP contribution in [0.4, 0.5) is 0 Å². The fourth-order valence-corrected chi connectivity index (χ4v) is 1.85. The van der Waals surface area contributed by atoms with E-state index in [1.165, 1.54) is 0 Å². The normalized spacial score (nSPS) is 15.0. The van der Waals surface area contributed by atoms with Crippen molar-refractivity contribution < 1.29 is 9.59 Å². The lowest BCUT2D eigenvalue weighted by molar-refractivity contribution is -0.133. The van der Waals surface area contributed by atoms with Gasteiger partial charge in [-0.25, -0.2) is 0 Å². The molecule has 0 radical (unpaired) electrons. The van der Waals surface area contributed by atoms with Crippen LogP contribution in [0.1, 0.15) is 53.9 Å². The summed E-state index contributed by atoms with van der Waals surface area (Å²) in [6.07, 6.45) is 2.28. The number of rotatable bonds is 8. The highest BCUT2D eigenvalue weighted by Crippen LogP contribution is 2.19. The van der Waals surface area contributed by atoms with Gasteiger partial charge in [0.05, 0.1) is 12.1 Å². The molecule has 0 aliphatic heterocycles. The summed E-state index contributed by atoms with van der Waals surface area (Å²) in [5, 5.41) is 2.81. The summed E-state index contributed by atoms with van der Waals surface area (Å²) in [5.74, 6) is -0.168. The number of Topliss-reactive ketones (excluding diaryl/α,β-unsaturated/α-hetero) is 1. The average molecular weight is 285 g/mol. The van der Waals surface area contributed by atoms with E-state index < -0.39 is 17.5 Å². The van der Waals surface area contributed by atoms with E-state index in [4.69, 9.17) is 11.5 Å². The van der Waals surface area contributed by atoms with Crippen LogP contribution in [0.5, 0.6) is 0 Å². The Morgan fingerprint density at radius 2 is 1.70 bits per heavy atom. The molecule has 0 rings (SSSR count). The predicted molar refractivity (Wildman–Crippen MR) is 82.1 cm³/mol. The Balaban J connectivity index is 4.77. The number of nitrogens with two attached hydrogens (primary N) is 2. The number of carbonyl (C=O) groups is 2. The zero-order valence-corrected chi connectivity index (χ0v) is 13.5. The predicted octanol–water partition coefficient (Wildman–Crippen LogP) is 1.20. The van der Waals surface area contributed by atoms with Crippen LogP contribution in [-0.2, 0) is 9.59 Å². The summed E-state index contributed by atoms with van der Waals surface area (Å²) in [4.78, 5) is 24.4. The second-order valence-corrected chi connectivity index (χ2v) is 6.73. The summed E-state index contributed by atoms with van der Waals surface area (Å²) in [7, 11) is 0. The van der Waals surface area contributed by atoms with E-state index in [0.29, 0.717) is 13.0 Å². The van der Waals surface area contributed by atoms with Crippen LogP contribution in [0.15, 0.2) is 0 Å². The third-order valence-electron chi connectivity index (χ3n) is 3.34. The molecule has 0 fully saturated rings. The number of carbonyl (C=O) groups excluding carboxylic acids is 2. The van der Waals surface area contributed by atoms with Crippen LogP contribution in [-0.4, -0.2) is 30.3 Å². The fourth-order valence-electron chi connectivity index (χ4n) is 1.85. The maximum Gasteiger partial charge on any atom is 0.237 e. The van der Waals surface area contributed by atoms with Crippen molar-refractivity contribution >= 4 is 11.7 Å². The SMILES string of the molecule is CC(C)[C@H](N)C(=O)N[C@@H](CCCCN)C(=O)C(C)(C)C. The highest BCUT2D eigenvalue weighted by atomic mass is 16.2. The molecular formula is C15H31N3O2. The average Bonchev–Trinajstić information content (AvgIpc) is 2.34. The Morgan fingerprint density at radius 3 is 2.10 bits per heavy atom. The molecule has 0 bridgehead atoms. The minimum atomic E-state index is -0.584. The number of amides is 1. The smallest absolute Gasteiger partial charge is 0.237 e. The van der Waals surface area contributed by atoms with Crippen LogP contribution in [0, 0.1) is 11.3 Å². The van der Waals surface area contributed by atoms with Gasteiger partial charge in [-0.1, -0.05) is 34.6 Å². The first-order valence-corrected chi connectivity index (χ1v) is 7.41. The lowest BCUT2D eigenvalue weighted by atomic mass is 9.84. The van der Waals surface area contributed by atoms with Gasteiger partial charge in [-0.05, 0) is 31.7 Å². The molecule has 118 valence electrons. The molecule has 0 saturated heterocycles. The summed E-state index contributed by atoms with van der Waals surface area (Å²) >= 11 is 0. The van der Waals surface area contributed by atoms with E-state index in [9.17, 15) is 9.59 Å². The highest BCUT2D eigenvalue weighted by molar-refractivity contribution is 5.93. The molecule has 1 amide bonds. The molecule has 0 aromatic carbocycles. The Hall–Kier alpha value is -0.940. The Morgan fingerprint density at radius 1 is 1.15 bits per heavy atom. The van der Waals surface area contributed by atoms with Gasteiger partial charge in [0.2, 0.25) is 5.91 Å². The number of unbranched alkanes of at least 4 members (excludes halogenated alkanes) is 1. The first-order chi connectivity index (χ1) is 9.11. The Bertz CT molecular complexity index is 322. The summed E-state index contributed by atoms with van der Waals surface area (Å²) in [5.41, 5.74) is 10.8. The highest BCUT2D eigenvalue weighted by Gasteiger charge is 2.31. The van der Waals surface area contributed by atoms with Crippen LogP contribution < -0.4 is 16.8 Å². The zero-order chi connectivity index (χ0) is 15.9. The number of ketones is 1.